The van der Waals surface area contributed by atoms with E-state index in [-0.39, 0.29) is 11.8 Å². The number of carbonyl (C=O) groups excluding carboxylic acids is 2. The number of methoxy groups -OCH3 is 2. The van der Waals surface area contributed by atoms with Crippen molar-refractivity contribution in [3.05, 3.63) is 24.8 Å². The van der Waals surface area contributed by atoms with Crippen LogP contribution in [0.5, 0.6) is 0 Å². The number of ether oxygens (including phenoxy) is 2. The molecule has 0 aliphatic heterocycles. The minimum Gasteiger partial charge on any atom is -0.468 e. The molecule has 1 fully saturated rings. The fraction of sp³-hybridized carbons (Fsp3) is 0.571. The minimum atomic E-state index is -1.23. The molecule has 0 radical (unpaired) electrons. The van der Waals surface area contributed by atoms with E-state index in [0.29, 0.717) is 18.7 Å². The van der Waals surface area contributed by atoms with E-state index in [4.69, 9.17) is 21.1 Å². The summed E-state index contributed by atoms with van der Waals surface area (Å²) in [7, 11) is 2.55. The molecule has 1 aliphatic rings. The van der Waals surface area contributed by atoms with Crippen LogP contribution in [0.1, 0.15) is 12.8 Å². The molecular weight excluding hydrogens is 268 g/mol. The Morgan fingerprint density at radius 3 is 2.21 bits per heavy atom. The van der Waals surface area contributed by atoms with Gasteiger partial charge in [0.15, 0.2) is 5.41 Å². The summed E-state index contributed by atoms with van der Waals surface area (Å²) in [6.07, 6.45) is 6.21. The largest absolute Gasteiger partial charge is 0.468 e. The van der Waals surface area contributed by atoms with E-state index in [1.165, 1.54) is 14.2 Å². The Bertz CT molecular complexity index is 373. The molecule has 19 heavy (non-hydrogen) atoms. The zero-order valence-electron chi connectivity index (χ0n) is 11.2. The second kappa shape index (κ2) is 6.75. The third-order valence-electron chi connectivity index (χ3n) is 3.65. The van der Waals surface area contributed by atoms with Crippen LogP contribution in [0.3, 0.4) is 0 Å². The quantitative estimate of drug-likeness (QED) is 0.337. The van der Waals surface area contributed by atoms with Gasteiger partial charge < -0.3 is 9.47 Å². The number of halogens is 1. The Kier molecular flexibility index (Phi) is 5.60. The number of allylic oxidation sites excluding steroid dienone is 3. The Morgan fingerprint density at radius 2 is 1.79 bits per heavy atom. The van der Waals surface area contributed by atoms with Gasteiger partial charge in [0.2, 0.25) is 0 Å². The minimum absolute atomic E-state index is 0.0256. The maximum absolute atomic E-state index is 12.0. The van der Waals surface area contributed by atoms with Crippen molar-refractivity contribution in [1.29, 1.82) is 0 Å². The van der Waals surface area contributed by atoms with Crippen molar-refractivity contribution < 1.29 is 19.1 Å². The van der Waals surface area contributed by atoms with Crippen molar-refractivity contribution in [2.24, 2.45) is 17.3 Å². The monoisotopic (exact) mass is 286 g/mol. The van der Waals surface area contributed by atoms with Crippen molar-refractivity contribution >= 4 is 23.5 Å². The summed E-state index contributed by atoms with van der Waals surface area (Å²) in [6, 6.07) is 0. The number of rotatable bonds is 5. The summed E-state index contributed by atoms with van der Waals surface area (Å²) in [6.45, 7) is 3.77. The molecule has 0 aromatic heterocycles. The molecule has 1 saturated carbocycles. The summed E-state index contributed by atoms with van der Waals surface area (Å²) < 4.78 is 9.56. The number of alkyl halides is 1. The Labute approximate surface area is 118 Å². The van der Waals surface area contributed by atoms with E-state index >= 15 is 0 Å². The lowest BCUT2D eigenvalue weighted by atomic mass is 9.85. The molecule has 0 spiro atoms. The number of esters is 2. The fourth-order valence-corrected chi connectivity index (χ4v) is 2.80. The molecule has 106 valence electrons. The Balaban J connectivity index is 3.08. The third kappa shape index (κ3) is 3.00. The molecule has 4 nitrogen and oxygen atoms in total. The molecule has 1 rings (SSSR count). The van der Waals surface area contributed by atoms with Crippen molar-refractivity contribution in [2.75, 3.05) is 20.1 Å². The first-order valence-electron chi connectivity index (χ1n) is 6.07. The maximum Gasteiger partial charge on any atom is 0.323 e. The lowest BCUT2D eigenvalue weighted by molar-refractivity contribution is -0.168. The van der Waals surface area contributed by atoms with E-state index < -0.39 is 17.4 Å². The van der Waals surface area contributed by atoms with Crippen LogP contribution in [0.2, 0.25) is 0 Å². The highest BCUT2D eigenvalue weighted by atomic mass is 35.5. The topological polar surface area (TPSA) is 52.6 Å². The van der Waals surface area contributed by atoms with Gasteiger partial charge in [0, 0.05) is 5.88 Å². The third-order valence-corrected chi connectivity index (χ3v) is 3.82. The fourth-order valence-electron chi connectivity index (χ4n) is 2.69. The number of hydrogen-bond acceptors (Lipinski definition) is 4. The molecule has 1 aliphatic carbocycles. The molecule has 5 heteroatoms. The average molecular weight is 287 g/mol. The van der Waals surface area contributed by atoms with Gasteiger partial charge in [-0.2, -0.15) is 0 Å². The highest BCUT2D eigenvalue weighted by Gasteiger charge is 2.55. The Hall–Kier alpha value is -1.29. The smallest absolute Gasteiger partial charge is 0.323 e. The van der Waals surface area contributed by atoms with Gasteiger partial charge in [-0.25, -0.2) is 0 Å². The molecule has 0 amide bonds. The molecule has 0 heterocycles. The van der Waals surface area contributed by atoms with Crippen LogP contribution in [0, 0.1) is 17.3 Å². The first kappa shape index (κ1) is 15.8. The second-order valence-corrected chi connectivity index (χ2v) is 4.93. The normalized spacial score (nSPS) is 25.2. The molecular formula is C14H19ClO4. The van der Waals surface area contributed by atoms with Crippen LogP contribution in [0.4, 0.5) is 0 Å². The van der Waals surface area contributed by atoms with E-state index in [1.807, 2.05) is 12.2 Å². The van der Waals surface area contributed by atoms with Gasteiger partial charge in [0.1, 0.15) is 0 Å². The van der Waals surface area contributed by atoms with Crippen molar-refractivity contribution in [3.63, 3.8) is 0 Å². The van der Waals surface area contributed by atoms with Crippen LogP contribution in [-0.2, 0) is 19.1 Å². The predicted molar refractivity (Wildman–Crippen MR) is 72.7 cm³/mol. The molecule has 0 aromatic rings. The molecule has 0 saturated heterocycles. The first-order valence-corrected chi connectivity index (χ1v) is 6.61. The summed E-state index contributed by atoms with van der Waals surface area (Å²) in [5, 5.41) is 0. The molecule has 0 bridgehead atoms. The van der Waals surface area contributed by atoms with Gasteiger partial charge >= 0.3 is 11.9 Å². The second-order valence-electron chi connectivity index (χ2n) is 4.62. The summed E-state index contributed by atoms with van der Waals surface area (Å²) >= 11 is 5.63. The van der Waals surface area contributed by atoms with Crippen LogP contribution in [0.15, 0.2) is 24.8 Å². The van der Waals surface area contributed by atoms with Crippen molar-refractivity contribution in [1.82, 2.24) is 0 Å². The average Bonchev–Trinajstić information content (AvgIpc) is 2.83. The summed E-state index contributed by atoms with van der Waals surface area (Å²) in [5.74, 6) is -0.642. The SMILES string of the molecule is C=C[C@H]1CC(C(=O)OC)(C(=O)OC)C[C@H]1/C=C\CCl. The van der Waals surface area contributed by atoms with Gasteiger partial charge in [0.25, 0.3) is 0 Å². The van der Waals surface area contributed by atoms with E-state index in [9.17, 15) is 9.59 Å². The van der Waals surface area contributed by atoms with Crippen LogP contribution in [-0.4, -0.2) is 32.0 Å². The molecule has 0 aromatic carbocycles. The lowest BCUT2D eigenvalue weighted by Gasteiger charge is -2.22. The Morgan fingerprint density at radius 1 is 1.26 bits per heavy atom. The lowest BCUT2D eigenvalue weighted by Crippen LogP contribution is -2.39. The summed E-state index contributed by atoms with van der Waals surface area (Å²) in [5.41, 5.74) is -1.23. The van der Waals surface area contributed by atoms with Crippen LogP contribution >= 0.6 is 11.6 Å². The van der Waals surface area contributed by atoms with Gasteiger partial charge in [-0.3, -0.25) is 9.59 Å². The van der Waals surface area contributed by atoms with Gasteiger partial charge in [-0.15, -0.1) is 18.2 Å². The zero-order valence-corrected chi connectivity index (χ0v) is 12.0. The molecule has 0 N–H and O–H groups in total. The van der Waals surface area contributed by atoms with Gasteiger partial charge in [-0.05, 0) is 24.7 Å². The molecule has 0 unspecified atom stereocenters. The zero-order chi connectivity index (χ0) is 14.5. The van der Waals surface area contributed by atoms with E-state index in [2.05, 4.69) is 6.58 Å². The van der Waals surface area contributed by atoms with Gasteiger partial charge in [-0.1, -0.05) is 18.2 Å². The van der Waals surface area contributed by atoms with Crippen molar-refractivity contribution in [2.45, 2.75) is 12.8 Å². The highest BCUT2D eigenvalue weighted by Crippen LogP contribution is 2.48. The summed E-state index contributed by atoms with van der Waals surface area (Å²) in [4.78, 5) is 24.0. The van der Waals surface area contributed by atoms with E-state index in [1.54, 1.807) is 6.08 Å². The number of hydrogen-bond donors (Lipinski definition) is 0. The van der Waals surface area contributed by atoms with Crippen LogP contribution in [0.25, 0.3) is 0 Å². The molecule has 2 atom stereocenters. The maximum atomic E-state index is 12.0. The van der Waals surface area contributed by atoms with Gasteiger partial charge in [0.05, 0.1) is 14.2 Å². The predicted octanol–water partition coefficient (Wildman–Crippen LogP) is 2.33. The van der Waals surface area contributed by atoms with Crippen molar-refractivity contribution in [3.8, 4) is 0 Å². The van der Waals surface area contributed by atoms with E-state index in [0.717, 1.165) is 0 Å². The first-order chi connectivity index (χ1) is 9.05. The standard InChI is InChI=1S/C14H19ClO4/c1-4-10-8-14(12(16)18-2,13(17)19-3)9-11(10)6-5-7-15/h4-6,10-11H,1,7-9H2,2-3H3/b6-5-/t10-,11+/m0/s1. The highest BCUT2D eigenvalue weighted by molar-refractivity contribution is 6.18. The number of carbonyl (C=O) groups is 2. The van der Waals surface area contributed by atoms with Crippen LogP contribution < -0.4 is 0 Å².